The number of allylic oxidation sites excluding steroid dienone is 4. The molecule has 0 amide bonds. The number of quaternary nitrogens is 1. The summed E-state index contributed by atoms with van der Waals surface area (Å²) in [7, 11) is 5.98. The monoisotopic (exact) mass is 1070 g/mol. The third-order valence-corrected chi connectivity index (χ3v) is 15.0. The fraction of sp³-hybridized carbons (Fsp3) is 0.896. The van der Waals surface area contributed by atoms with E-state index < -0.39 is 18.4 Å². The highest BCUT2D eigenvalue weighted by molar-refractivity contribution is 5.71. The number of carbonyl (C=O) groups excluding carboxylic acids is 2. The van der Waals surface area contributed by atoms with E-state index in [0.29, 0.717) is 17.4 Å². The van der Waals surface area contributed by atoms with Crippen LogP contribution >= 0.6 is 0 Å². The Bertz CT molecular complexity index is 1300. The minimum Gasteiger partial charge on any atom is -0.477 e. The third kappa shape index (κ3) is 59.4. The number of rotatable bonds is 62. The number of hydrogen-bond acceptors (Lipinski definition) is 7. The standard InChI is InChI=1S/C67H127NO8/c1-6-8-10-12-14-16-18-19-20-21-22-23-24-25-26-27-28-29-30-31-32-33-34-35-36-37-38-39-40-41-42-43-44-45-46-47-48-50-52-54-56-58-65(70)76-63(62-75-67(66(71)72)73-60-59-68(3,4)5)61-74-64(69)57-55-53-51-49-17-15-13-11-9-7-2/h18-19,21-22,63,67H,6-17,20,23-62H2,1-5H3/p+1/b19-18-,22-21-. The van der Waals surface area contributed by atoms with E-state index in [2.05, 4.69) is 38.2 Å². The SMILES string of the molecule is CCCCCCC/C=C\C/C=C\CCCCCCCCCCCCCCCCCCCCCCCCCCCCCCCC(=O)OC(COC(=O)CCCCCCCCCCCC)COC(OCC[N+](C)(C)C)C(=O)O. The molecule has 76 heavy (non-hydrogen) atoms. The van der Waals surface area contributed by atoms with Crippen molar-refractivity contribution in [3.63, 3.8) is 0 Å². The van der Waals surface area contributed by atoms with E-state index in [4.69, 9.17) is 18.9 Å². The van der Waals surface area contributed by atoms with E-state index in [1.54, 1.807) is 0 Å². The van der Waals surface area contributed by atoms with Crippen LogP contribution in [0.1, 0.15) is 328 Å². The molecule has 0 rings (SSSR count). The normalized spacial score (nSPS) is 12.8. The number of carboxylic acid groups (broad SMARTS) is 1. The van der Waals surface area contributed by atoms with Crippen molar-refractivity contribution in [2.45, 2.75) is 341 Å². The number of esters is 2. The summed E-state index contributed by atoms with van der Waals surface area (Å²) in [5.41, 5.74) is 0. The van der Waals surface area contributed by atoms with Gasteiger partial charge >= 0.3 is 17.9 Å². The van der Waals surface area contributed by atoms with Gasteiger partial charge in [-0.25, -0.2) is 4.79 Å². The van der Waals surface area contributed by atoms with Gasteiger partial charge in [0.05, 0.1) is 34.4 Å². The van der Waals surface area contributed by atoms with Crippen molar-refractivity contribution in [1.29, 1.82) is 0 Å². The molecule has 0 heterocycles. The largest absolute Gasteiger partial charge is 0.477 e. The number of nitrogens with zero attached hydrogens (tertiary/aromatic N) is 1. The second-order valence-corrected chi connectivity index (χ2v) is 23.8. The van der Waals surface area contributed by atoms with Crippen LogP contribution in [0.5, 0.6) is 0 Å². The van der Waals surface area contributed by atoms with Crippen molar-refractivity contribution >= 4 is 17.9 Å². The summed E-state index contributed by atoms with van der Waals surface area (Å²) in [6.45, 7) is 4.89. The molecule has 0 radical (unpaired) electrons. The van der Waals surface area contributed by atoms with Crippen LogP contribution < -0.4 is 0 Å². The smallest absolute Gasteiger partial charge is 0.361 e. The summed E-state index contributed by atoms with van der Waals surface area (Å²) in [5, 5.41) is 9.68. The molecule has 0 fully saturated rings. The van der Waals surface area contributed by atoms with Crippen LogP contribution in [-0.2, 0) is 33.3 Å². The maximum Gasteiger partial charge on any atom is 0.361 e. The van der Waals surface area contributed by atoms with Gasteiger partial charge in [-0.15, -0.1) is 0 Å². The number of carboxylic acids is 1. The zero-order valence-corrected chi connectivity index (χ0v) is 51.2. The number of hydrogen-bond donors (Lipinski definition) is 1. The van der Waals surface area contributed by atoms with Crippen LogP contribution in [0.2, 0.25) is 0 Å². The second-order valence-electron chi connectivity index (χ2n) is 23.8. The molecule has 0 aromatic rings. The average Bonchev–Trinajstić information content (AvgIpc) is 3.39. The summed E-state index contributed by atoms with van der Waals surface area (Å²) in [6.07, 6.45) is 69.0. The predicted octanol–water partition coefficient (Wildman–Crippen LogP) is 19.9. The quantitative estimate of drug-likeness (QED) is 0.0211. The molecular weight excluding hydrogens is 947 g/mol. The number of likely N-dealkylation sites (N-methyl/N-ethyl adjacent to an activating group) is 1. The van der Waals surface area contributed by atoms with Crippen molar-refractivity contribution in [2.75, 3.05) is 47.5 Å². The van der Waals surface area contributed by atoms with E-state index in [1.807, 2.05) is 21.1 Å². The van der Waals surface area contributed by atoms with Crippen molar-refractivity contribution in [1.82, 2.24) is 0 Å². The van der Waals surface area contributed by atoms with Gasteiger partial charge in [-0.3, -0.25) is 9.59 Å². The number of carbonyl (C=O) groups is 3. The number of ether oxygens (including phenoxy) is 4. The molecule has 0 bridgehead atoms. The minimum atomic E-state index is -1.50. The molecule has 9 heteroatoms. The van der Waals surface area contributed by atoms with Crippen molar-refractivity contribution < 1.29 is 42.9 Å². The average molecular weight is 1080 g/mol. The Kier molecular flexibility index (Phi) is 57.2. The highest BCUT2D eigenvalue weighted by Crippen LogP contribution is 2.18. The molecule has 0 aliphatic rings. The first-order chi connectivity index (χ1) is 37.1. The maximum absolute atomic E-state index is 12.9. The highest BCUT2D eigenvalue weighted by atomic mass is 16.7. The van der Waals surface area contributed by atoms with Gasteiger partial charge in [0.15, 0.2) is 6.10 Å². The lowest BCUT2D eigenvalue weighted by Gasteiger charge is -2.25. The first-order valence-corrected chi connectivity index (χ1v) is 33.0. The van der Waals surface area contributed by atoms with Crippen LogP contribution in [0.25, 0.3) is 0 Å². The van der Waals surface area contributed by atoms with Gasteiger partial charge in [-0.05, 0) is 44.9 Å². The minimum absolute atomic E-state index is 0.175. The zero-order valence-electron chi connectivity index (χ0n) is 51.2. The van der Waals surface area contributed by atoms with E-state index in [0.717, 1.165) is 44.9 Å². The topological polar surface area (TPSA) is 108 Å². The van der Waals surface area contributed by atoms with E-state index in [9.17, 15) is 19.5 Å². The lowest BCUT2D eigenvalue weighted by atomic mass is 10.0. The van der Waals surface area contributed by atoms with Gasteiger partial charge in [0, 0.05) is 12.8 Å². The second kappa shape index (κ2) is 58.9. The molecule has 0 aromatic heterocycles. The van der Waals surface area contributed by atoms with Crippen molar-refractivity contribution in [2.24, 2.45) is 0 Å². The highest BCUT2D eigenvalue weighted by Gasteiger charge is 2.25. The van der Waals surface area contributed by atoms with Crippen LogP contribution in [0.15, 0.2) is 24.3 Å². The van der Waals surface area contributed by atoms with E-state index >= 15 is 0 Å². The fourth-order valence-electron chi connectivity index (χ4n) is 9.87. The van der Waals surface area contributed by atoms with Gasteiger partial charge in [0.1, 0.15) is 13.2 Å². The number of aliphatic carboxylic acids is 1. The number of unbranched alkanes of at least 4 members (excludes halogenated alkanes) is 43. The molecule has 0 aromatic carbocycles. The molecule has 0 aliphatic carbocycles. The molecular formula is C67H128NO8+. The summed E-state index contributed by atoms with van der Waals surface area (Å²) in [4.78, 5) is 37.3. The van der Waals surface area contributed by atoms with Gasteiger partial charge in [0.25, 0.3) is 6.29 Å². The molecule has 2 atom stereocenters. The zero-order chi connectivity index (χ0) is 55.5. The molecule has 2 unspecified atom stereocenters. The fourth-order valence-corrected chi connectivity index (χ4v) is 9.87. The van der Waals surface area contributed by atoms with Crippen molar-refractivity contribution in [3.05, 3.63) is 24.3 Å². The first kappa shape index (κ1) is 73.8. The van der Waals surface area contributed by atoms with Crippen LogP contribution in [0.4, 0.5) is 0 Å². The molecule has 0 saturated heterocycles. The Morgan fingerprint density at radius 2 is 0.711 bits per heavy atom. The maximum atomic E-state index is 12.9. The van der Waals surface area contributed by atoms with Gasteiger partial charge in [-0.2, -0.15) is 0 Å². The van der Waals surface area contributed by atoms with Crippen LogP contribution in [-0.4, -0.2) is 87.4 Å². The summed E-state index contributed by atoms with van der Waals surface area (Å²) in [5.74, 6) is -1.98. The Hall–Kier alpha value is -2.23. The lowest BCUT2D eigenvalue weighted by Crippen LogP contribution is -2.40. The van der Waals surface area contributed by atoms with Gasteiger partial charge < -0.3 is 28.5 Å². The molecule has 1 N–H and O–H groups in total. The Morgan fingerprint density at radius 1 is 0.395 bits per heavy atom. The Labute approximate surface area is 471 Å². The molecule has 0 saturated carbocycles. The van der Waals surface area contributed by atoms with Gasteiger partial charge in [0.2, 0.25) is 0 Å². The summed E-state index contributed by atoms with van der Waals surface area (Å²) in [6, 6.07) is 0. The first-order valence-electron chi connectivity index (χ1n) is 33.0. The van der Waals surface area contributed by atoms with E-state index in [1.165, 1.54) is 257 Å². The Balaban J connectivity index is 3.82. The van der Waals surface area contributed by atoms with Crippen LogP contribution in [0, 0.1) is 0 Å². The summed E-state index contributed by atoms with van der Waals surface area (Å²) >= 11 is 0. The lowest BCUT2D eigenvalue weighted by molar-refractivity contribution is -0.870. The van der Waals surface area contributed by atoms with Crippen molar-refractivity contribution in [3.8, 4) is 0 Å². The Morgan fingerprint density at radius 3 is 1.04 bits per heavy atom. The van der Waals surface area contributed by atoms with Crippen LogP contribution in [0.3, 0.4) is 0 Å². The van der Waals surface area contributed by atoms with Gasteiger partial charge in [-0.1, -0.05) is 295 Å². The molecule has 0 spiro atoms. The third-order valence-electron chi connectivity index (χ3n) is 15.0. The molecule has 9 nitrogen and oxygen atoms in total. The molecule has 0 aliphatic heterocycles. The summed E-state index contributed by atoms with van der Waals surface area (Å²) < 4.78 is 22.8. The predicted molar refractivity (Wildman–Crippen MR) is 323 cm³/mol. The molecule has 448 valence electrons. The van der Waals surface area contributed by atoms with E-state index in [-0.39, 0.29) is 38.2 Å².